The number of carboxylic acids is 1. The summed E-state index contributed by atoms with van der Waals surface area (Å²) in [5, 5.41) is 7.24. The Morgan fingerprint density at radius 1 is 1.57 bits per heavy atom. The lowest BCUT2D eigenvalue weighted by Crippen LogP contribution is -2.06. The SMILES string of the molecule is O=C(O)C(F)F.[NH4+]. The van der Waals surface area contributed by atoms with Gasteiger partial charge in [0, 0.05) is 0 Å². The number of rotatable bonds is 1. The summed E-state index contributed by atoms with van der Waals surface area (Å²) >= 11 is 0. The molecule has 0 heterocycles. The Labute approximate surface area is 38.5 Å². The Hall–Kier alpha value is -0.710. The van der Waals surface area contributed by atoms with Gasteiger partial charge < -0.3 is 11.3 Å². The van der Waals surface area contributed by atoms with E-state index in [2.05, 4.69) is 0 Å². The second kappa shape index (κ2) is 3.48. The van der Waals surface area contributed by atoms with Crippen LogP contribution in [-0.2, 0) is 4.79 Å². The van der Waals surface area contributed by atoms with Crippen LogP contribution in [0.1, 0.15) is 0 Å². The molecular weight excluding hydrogens is 108 g/mol. The van der Waals surface area contributed by atoms with Gasteiger partial charge in [-0.2, -0.15) is 8.78 Å². The van der Waals surface area contributed by atoms with Crippen LogP contribution in [0.5, 0.6) is 0 Å². The summed E-state index contributed by atoms with van der Waals surface area (Å²) in [6, 6.07) is 0. The Morgan fingerprint density at radius 2 is 1.71 bits per heavy atom. The normalized spacial score (nSPS) is 7.86. The minimum atomic E-state index is -3.23. The van der Waals surface area contributed by atoms with Gasteiger partial charge in [-0.05, 0) is 0 Å². The van der Waals surface area contributed by atoms with Gasteiger partial charge in [-0.15, -0.1) is 0 Å². The zero-order chi connectivity index (χ0) is 5.15. The van der Waals surface area contributed by atoms with Crippen molar-refractivity contribution >= 4 is 5.97 Å². The fourth-order valence-corrected chi connectivity index (χ4v) is 0. The van der Waals surface area contributed by atoms with Crippen molar-refractivity contribution in [3.63, 3.8) is 0 Å². The predicted octanol–water partition coefficient (Wildman–Crippen LogP) is 0.712. The molecule has 5 N–H and O–H groups in total. The minimum absolute atomic E-state index is 0. The summed E-state index contributed by atoms with van der Waals surface area (Å²) in [5.74, 6) is -2.07. The van der Waals surface area contributed by atoms with E-state index in [1.54, 1.807) is 0 Å². The largest absolute Gasteiger partial charge is 0.477 e. The first-order valence-electron chi connectivity index (χ1n) is 1.15. The van der Waals surface area contributed by atoms with Gasteiger partial charge in [-0.25, -0.2) is 4.79 Å². The molecule has 0 bridgehead atoms. The Bertz CT molecular complexity index is 64.7. The van der Waals surface area contributed by atoms with E-state index in [0.717, 1.165) is 0 Å². The van der Waals surface area contributed by atoms with Crippen molar-refractivity contribution in [2.45, 2.75) is 6.43 Å². The molecule has 0 aromatic rings. The molecule has 0 aromatic heterocycles. The quantitative estimate of drug-likeness (QED) is 0.526. The highest BCUT2D eigenvalue weighted by molar-refractivity contribution is 5.70. The van der Waals surface area contributed by atoms with E-state index in [9.17, 15) is 8.78 Å². The van der Waals surface area contributed by atoms with Crippen LogP contribution < -0.4 is 6.15 Å². The molecule has 0 aliphatic heterocycles. The van der Waals surface area contributed by atoms with Gasteiger partial charge in [0.2, 0.25) is 0 Å². The van der Waals surface area contributed by atoms with E-state index in [1.807, 2.05) is 0 Å². The third kappa shape index (κ3) is 5.29. The van der Waals surface area contributed by atoms with Crippen molar-refractivity contribution < 1.29 is 18.7 Å². The fourth-order valence-electron chi connectivity index (χ4n) is 0. The highest BCUT2D eigenvalue weighted by Crippen LogP contribution is 1.87. The molecule has 0 fully saturated rings. The van der Waals surface area contributed by atoms with Crippen LogP contribution in [0.4, 0.5) is 8.78 Å². The summed E-state index contributed by atoms with van der Waals surface area (Å²) in [5.41, 5.74) is 0. The van der Waals surface area contributed by atoms with Gasteiger partial charge in [0.05, 0.1) is 0 Å². The van der Waals surface area contributed by atoms with Crippen molar-refractivity contribution in [1.29, 1.82) is 0 Å². The average Bonchev–Trinajstić information content (AvgIpc) is 1.36. The molecule has 0 saturated heterocycles. The molecule has 0 saturated carbocycles. The van der Waals surface area contributed by atoms with Crippen molar-refractivity contribution in [3.8, 4) is 0 Å². The lowest BCUT2D eigenvalue weighted by Gasteiger charge is -1.81. The molecule has 0 rings (SSSR count). The summed E-state index contributed by atoms with van der Waals surface area (Å²) < 4.78 is 21.1. The number of quaternary nitrogens is 1. The summed E-state index contributed by atoms with van der Waals surface area (Å²) in [6.45, 7) is 0. The maximum absolute atomic E-state index is 10.6. The second-order valence-corrected chi connectivity index (χ2v) is 0.639. The Balaban J connectivity index is 0. The fraction of sp³-hybridized carbons (Fsp3) is 0.500. The first kappa shape index (κ1) is 9.56. The van der Waals surface area contributed by atoms with Crippen LogP contribution in [0.3, 0.4) is 0 Å². The summed E-state index contributed by atoms with van der Waals surface area (Å²) in [6.07, 6.45) is -3.23. The van der Waals surface area contributed by atoms with Crippen LogP contribution in [0, 0.1) is 0 Å². The number of aliphatic carboxylic acids is 1. The van der Waals surface area contributed by atoms with Gasteiger partial charge in [0.1, 0.15) is 0 Å². The van der Waals surface area contributed by atoms with Crippen LogP contribution in [0.15, 0.2) is 0 Å². The first-order chi connectivity index (χ1) is 2.64. The van der Waals surface area contributed by atoms with E-state index in [-0.39, 0.29) is 6.15 Å². The van der Waals surface area contributed by atoms with E-state index in [0.29, 0.717) is 0 Å². The third-order valence-corrected chi connectivity index (χ3v) is 0.187. The number of carbonyl (C=O) groups is 1. The first-order valence-corrected chi connectivity index (χ1v) is 1.15. The van der Waals surface area contributed by atoms with E-state index < -0.39 is 12.4 Å². The van der Waals surface area contributed by atoms with Crippen LogP contribution in [0.2, 0.25) is 0 Å². The van der Waals surface area contributed by atoms with Gasteiger partial charge >= 0.3 is 12.4 Å². The molecule has 0 amide bonds. The van der Waals surface area contributed by atoms with Crippen molar-refractivity contribution in [2.24, 2.45) is 0 Å². The smallest absolute Gasteiger partial charge is 0.371 e. The number of halogens is 2. The summed E-state index contributed by atoms with van der Waals surface area (Å²) in [4.78, 5) is 8.95. The van der Waals surface area contributed by atoms with Gasteiger partial charge in [-0.3, -0.25) is 0 Å². The van der Waals surface area contributed by atoms with E-state index in [4.69, 9.17) is 9.90 Å². The number of alkyl halides is 2. The second-order valence-electron chi connectivity index (χ2n) is 0.639. The van der Waals surface area contributed by atoms with Gasteiger partial charge in [0.25, 0.3) is 0 Å². The van der Waals surface area contributed by atoms with Crippen molar-refractivity contribution in [1.82, 2.24) is 6.15 Å². The van der Waals surface area contributed by atoms with Crippen LogP contribution >= 0.6 is 0 Å². The zero-order valence-electron chi connectivity index (χ0n) is 3.69. The lowest BCUT2D eigenvalue weighted by atomic mass is 10.7. The standard InChI is InChI=1S/C2H2F2O2.H3N/c3-1(4)2(5)6;/h1H,(H,5,6);1H3/p+1. The molecule has 5 heteroatoms. The molecule has 0 spiro atoms. The molecule has 3 nitrogen and oxygen atoms in total. The highest BCUT2D eigenvalue weighted by atomic mass is 19.3. The average molecular weight is 114 g/mol. The molecule has 0 aliphatic carbocycles. The molecule has 0 unspecified atom stereocenters. The molecule has 0 radical (unpaired) electrons. The molecule has 0 aliphatic rings. The zero-order valence-corrected chi connectivity index (χ0v) is 3.69. The van der Waals surface area contributed by atoms with Gasteiger partial charge in [-0.1, -0.05) is 0 Å². The molecule has 44 valence electrons. The molecule has 7 heavy (non-hydrogen) atoms. The van der Waals surface area contributed by atoms with E-state index >= 15 is 0 Å². The molecule has 0 atom stereocenters. The molecule has 0 aromatic carbocycles. The number of hydrogen-bond acceptors (Lipinski definition) is 1. The molecular formula is C2H6F2NO2+. The maximum Gasteiger partial charge on any atom is 0.371 e. The van der Waals surface area contributed by atoms with Crippen molar-refractivity contribution in [2.75, 3.05) is 0 Å². The van der Waals surface area contributed by atoms with Crippen LogP contribution in [-0.4, -0.2) is 17.5 Å². The van der Waals surface area contributed by atoms with Crippen molar-refractivity contribution in [3.05, 3.63) is 0 Å². The number of hydrogen-bond donors (Lipinski definition) is 2. The maximum atomic E-state index is 10.6. The third-order valence-electron chi connectivity index (χ3n) is 0.187. The monoisotopic (exact) mass is 114 g/mol. The Morgan fingerprint density at radius 3 is 1.71 bits per heavy atom. The Kier molecular flexibility index (Phi) is 4.75. The predicted molar refractivity (Wildman–Crippen MR) is 19.6 cm³/mol. The highest BCUT2D eigenvalue weighted by Gasteiger charge is 2.10. The van der Waals surface area contributed by atoms with E-state index in [1.165, 1.54) is 0 Å². The van der Waals surface area contributed by atoms with Gasteiger partial charge in [0.15, 0.2) is 0 Å². The van der Waals surface area contributed by atoms with Crippen LogP contribution in [0.25, 0.3) is 0 Å². The summed E-state index contributed by atoms with van der Waals surface area (Å²) in [7, 11) is 0. The lowest BCUT2D eigenvalue weighted by molar-refractivity contribution is -0.149. The minimum Gasteiger partial charge on any atom is -0.477 e. The number of carboxylic acid groups (broad SMARTS) is 1. The topological polar surface area (TPSA) is 73.8 Å².